The number of nitrogens with one attached hydrogen (secondary N) is 1. The third kappa shape index (κ3) is 2.50. The van der Waals surface area contributed by atoms with E-state index in [1.807, 2.05) is 19.9 Å². The van der Waals surface area contributed by atoms with Gasteiger partial charge in [-0.3, -0.25) is 10.1 Å². The molecule has 0 bridgehead atoms. The van der Waals surface area contributed by atoms with Crippen molar-refractivity contribution in [2.75, 3.05) is 5.32 Å². The van der Waals surface area contributed by atoms with Crippen molar-refractivity contribution in [3.05, 3.63) is 31.4 Å². The van der Waals surface area contributed by atoms with E-state index >= 15 is 0 Å². The molecular formula is C10H9BrN2OS2. The number of aryl methyl sites for hydroxylation is 2. The van der Waals surface area contributed by atoms with Crippen LogP contribution in [0.2, 0.25) is 0 Å². The summed E-state index contributed by atoms with van der Waals surface area (Å²) in [5.41, 5.74) is 0.965. The predicted molar refractivity (Wildman–Crippen MR) is 71.6 cm³/mol. The van der Waals surface area contributed by atoms with Crippen LogP contribution in [0.5, 0.6) is 0 Å². The van der Waals surface area contributed by atoms with Crippen molar-refractivity contribution in [1.29, 1.82) is 0 Å². The van der Waals surface area contributed by atoms with Crippen LogP contribution in [0, 0.1) is 13.8 Å². The summed E-state index contributed by atoms with van der Waals surface area (Å²) >= 11 is 6.23. The lowest BCUT2D eigenvalue weighted by molar-refractivity contribution is 0.103. The molecule has 0 radical (unpaired) electrons. The highest BCUT2D eigenvalue weighted by Gasteiger charge is 2.11. The van der Waals surface area contributed by atoms with Crippen molar-refractivity contribution in [3.63, 3.8) is 0 Å². The second-order valence-corrected chi connectivity index (χ2v) is 6.88. The lowest BCUT2D eigenvalue weighted by Crippen LogP contribution is -2.09. The minimum Gasteiger partial charge on any atom is -0.297 e. The molecule has 2 rings (SSSR count). The highest BCUT2D eigenvalue weighted by molar-refractivity contribution is 9.11. The largest absolute Gasteiger partial charge is 0.297 e. The third-order valence-corrected chi connectivity index (χ3v) is 4.66. The Bertz CT molecular complexity index is 513. The van der Waals surface area contributed by atoms with Crippen LogP contribution in [-0.4, -0.2) is 10.9 Å². The van der Waals surface area contributed by atoms with Crippen LogP contribution in [0.1, 0.15) is 20.2 Å². The molecule has 0 aliphatic heterocycles. The van der Waals surface area contributed by atoms with Gasteiger partial charge in [0.2, 0.25) is 0 Å². The second kappa shape index (κ2) is 4.65. The highest BCUT2D eigenvalue weighted by atomic mass is 79.9. The number of hydrogen-bond acceptors (Lipinski definition) is 4. The lowest BCUT2D eigenvalue weighted by Gasteiger charge is -1.97. The Hall–Kier alpha value is -0.720. The molecule has 0 saturated carbocycles. The molecule has 1 amide bonds. The molecule has 6 heteroatoms. The number of carbonyl (C=O) groups excluding carboxylic acids is 1. The molecule has 2 aromatic rings. The zero-order valence-corrected chi connectivity index (χ0v) is 11.9. The summed E-state index contributed by atoms with van der Waals surface area (Å²) in [7, 11) is 0. The van der Waals surface area contributed by atoms with Gasteiger partial charge in [0, 0.05) is 4.88 Å². The summed E-state index contributed by atoms with van der Waals surface area (Å²) in [4.78, 5) is 17.9. The van der Waals surface area contributed by atoms with Crippen LogP contribution in [0.4, 0.5) is 5.13 Å². The standard InChI is InChI=1S/C10H9BrN2OS2/c1-5-6(2)15-10(12-5)13-9(14)7-3-4-8(11)16-7/h3-4H,1-2H3,(H,12,13,14). The summed E-state index contributed by atoms with van der Waals surface area (Å²) < 4.78 is 0.948. The van der Waals surface area contributed by atoms with Crippen LogP contribution in [0.3, 0.4) is 0 Å². The first-order valence-electron chi connectivity index (χ1n) is 4.57. The first-order chi connectivity index (χ1) is 7.56. The minimum atomic E-state index is -0.107. The molecule has 0 saturated heterocycles. The molecule has 2 heterocycles. The third-order valence-electron chi connectivity index (χ3n) is 2.05. The number of amides is 1. The number of carbonyl (C=O) groups is 1. The fraction of sp³-hybridized carbons (Fsp3) is 0.200. The van der Waals surface area contributed by atoms with Crippen molar-refractivity contribution in [3.8, 4) is 0 Å². The fourth-order valence-electron chi connectivity index (χ4n) is 1.12. The highest BCUT2D eigenvalue weighted by Crippen LogP contribution is 2.25. The molecule has 16 heavy (non-hydrogen) atoms. The van der Waals surface area contributed by atoms with E-state index in [0.29, 0.717) is 10.0 Å². The number of thiazole rings is 1. The van der Waals surface area contributed by atoms with E-state index in [-0.39, 0.29) is 5.91 Å². The SMILES string of the molecule is Cc1nc(NC(=O)c2ccc(Br)s2)sc1C. The molecule has 0 fully saturated rings. The van der Waals surface area contributed by atoms with E-state index in [0.717, 1.165) is 14.4 Å². The maximum atomic E-state index is 11.8. The van der Waals surface area contributed by atoms with Crippen LogP contribution in [0.15, 0.2) is 15.9 Å². The van der Waals surface area contributed by atoms with Gasteiger partial charge in [-0.15, -0.1) is 22.7 Å². The number of hydrogen-bond donors (Lipinski definition) is 1. The lowest BCUT2D eigenvalue weighted by atomic mass is 10.4. The van der Waals surface area contributed by atoms with Gasteiger partial charge in [-0.05, 0) is 41.9 Å². The monoisotopic (exact) mass is 316 g/mol. The maximum absolute atomic E-state index is 11.8. The Balaban J connectivity index is 2.13. The van der Waals surface area contributed by atoms with Crippen molar-refractivity contribution in [1.82, 2.24) is 4.98 Å². The van der Waals surface area contributed by atoms with E-state index in [4.69, 9.17) is 0 Å². The molecule has 0 spiro atoms. The predicted octanol–water partition coefficient (Wildman–Crippen LogP) is 3.84. The molecule has 0 atom stereocenters. The Morgan fingerprint density at radius 1 is 1.38 bits per heavy atom. The summed E-state index contributed by atoms with van der Waals surface area (Å²) in [5, 5.41) is 3.45. The summed E-state index contributed by atoms with van der Waals surface area (Å²) in [5.74, 6) is -0.107. The number of halogens is 1. The molecule has 1 N–H and O–H groups in total. The number of anilines is 1. The summed E-state index contributed by atoms with van der Waals surface area (Å²) in [6.07, 6.45) is 0. The van der Waals surface area contributed by atoms with Gasteiger partial charge < -0.3 is 0 Å². The smallest absolute Gasteiger partial charge is 0.267 e. The molecule has 84 valence electrons. The molecule has 0 aromatic carbocycles. The van der Waals surface area contributed by atoms with Crippen LogP contribution >= 0.6 is 38.6 Å². The summed E-state index contributed by atoms with van der Waals surface area (Å²) in [6.45, 7) is 3.92. The zero-order valence-electron chi connectivity index (χ0n) is 8.70. The van der Waals surface area contributed by atoms with Crippen LogP contribution < -0.4 is 5.32 Å². The molecular weight excluding hydrogens is 308 g/mol. The number of thiophene rings is 1. The first-order valence-corrected chi connectivity index (χ1v) is 6.99. The first kappa shape index (κ1) is 11.8. The van der Waals surface area contributed by atoms with Crippen molar-refractivity contribution in [2.24, 2.45) is 0 Å². The van der Waals surface area contributed by atoms with Gasteiger partial charge in [0.15, 0.2) is 5.13 Å². The van der Waals surface area contributed by atoms with E-state index < -0.39 is 0 Å². The molecule has 0 aliphatic carbocycles. The molecule has 0 unspecified atom stereocenters. The maximum Gasteiger partial charge on any atom is 0.267 e. The average Bonchev–Trinajstić information content (AvgIpc) is 2.75. The Morgan fingerprint density at radius 2 is 2.12 bits per heavy atom. The van der Waals surface area contributed by atoms with Crippen molar-refractivity contribution < 1.29 is 4.79 Å². The van der Waals surface area contributed by atoms with E-state index in [1.54, 1.807) is 6.07 Å². The Morgan fingerprint density at radius 3 is 2.62 bits per heavy atom. The van der Waals surface area contributed by atoms with Gasteiger partial charge in [-0.25, -0.2) is 4.98 Å². The fourth-order valence-corrected chi connectivity index (χ4v) is 3.21. The minimum absolute atomic E-state index is 0.107. The average molecular weight is 317 g/mol. The topological polar surface area (TPSA) is 42.0 Å². The van der Waals surface area contributed by atoms with Gasteiger partial charge in [0.1, 0.15) is 0 Å². The van der Waals surface area contributed by atoms with Crippen molar-refractivity contribution in [2.45, 2.75) is 13.8 Å². The number of rotatable bonds is 2. The van der Waals surface area contributed by atoms with E-state index in [9.17, 15) is 4.79 Å². The second-order valence-electron chi connectivity index (χ2n) is 3.22. The van der Waals surface area contributed by atoms with E-state index in [2.05, 4.69) is 26.2 Å². The molecule has 2 aromatic heterocycles. The molecule has 0 aliphatic rings. The van der Waals surface area contributed by atoms with Crippen LogP contribution in [0.25, 0.3) is 0 Å². The number of nitrogens with zero attached hydrogens (tertiary/aromatic N) is 1. The van der Waals surface area contributed by atoms with Gasteiger partial charge in [0.25, 0.3) is 5.91 Å². The van der Waals surface area contributed by atoms with Gasteiger partial charge >= 0.3 is 0 Å². The van der Waals surface area contributed by atoms with Crippen molar-refractivity contribution >= 4 is 49.6 Å². The number of aromatic nitrogens is 1. The van der Waals surface area contributed by atoms with Gasteiger partial charge in [-0.1, -0.05) is 0 Å². The molecule has 3 nitrogen and oxygen atoms in total. The van der Waals surface area contributed by atoms with Gasteiger partial charge in [-0.2, -0.15) is 0 Å². The zero-order chi connectivity index (χ0) is 11.7. The van der Waals surface area contributed by atoms with E-state index in [1.165, 1.54) is 22.7 Å². The Labute approximate surface area is 110 Å². The normalized spacial score (nSPS) is 10.4. The van der Waals surface area contributed by atoms with Crippen LogP contribution in [-0.2, 0) is 0 Å². The Kier molecular flexibility index (Phi) is 3.41. The quantitative estimate of drug-likeness (QED) is 0.914. The summed E-state index contributed by atoms with van der Waals surface area (Å²) in [6, 6.07) is 3.65. The van der Waals surface area contributed by atoms with Gasteiger partial charge in [0.05, 0.1) is 14.4 Å².